The van der Waals surface area contributed by atoms with E-state index >= 15 is 0 Å². The van der Waals surface area contributed by atoms with Crippen molar-refractivity contribution in [2.24, 2.45) is 0 Å². The van der Waals surface area contributed by atoms with E-state index in [9.17, 15) is 14.7 Å². The maximum absolute atomic E-state index is 11.4. The largest absolute Gasteiger partial charge is 0.481 e. The highest BCUT2D eigenvalue weighted by molar-refractivity contribution is 5.78. The smallest absolute Gasteiger partial charge is 0.306 e. The maximum Gasteiger partial charge on any atom is 0.306 e. The van der Waals surface area contributed by atoms with Gasteiger partial charge in [-0.15, -0.1) is 0 Å². The molecule has 19 heavy (non-hydrogen) atoms. The topological polar surface area (TPSA) is 98.7 Å². The molecule has 1 amide bonds. The molecule has 6 nitrogen and oxygen atoms in total. The van der Waals surface area contributed by atoms with E-state index < -0.39 is 12.1 Å². The third-order valence-corrected chi connectivity index (χ3v) is 2.41. The Morgan fingerprint density at radius 2 is 1.89 bits per heavy atom. The standard InChI is InChI=1S/C13H18N2O4/c16-11(6-13(18)19)8-14-9-12(17)15-7-10-4-2-1-3-5-10/h1-5,11,14,16H,6-9H2,(H,15,17)(H,18,19). The third-order valence-electron chi connectivity index (χ3n) is 2.41. The number of aliphatic hydroxyl groups is 1. The van der Waals surface area contributed by atoms with Gasteiger partial charge in [-0.3, -0.25) is 9.59 Å². The number of aliphatic hydroxyl groups excluding tert-OH is 1. The van der Waals surface area contributed by atoms with Crippen LogP contribution in [0.25, 0.3) is 0 Å². The molecule has 104 valence electrons. The summed E-state index contributed by atoms with van der Waals surface area (Å²) in [5, 5.41) is 23.1. The maximum atomic E-state index is 11.4. The number of carboxylic acid groups (broad SMARTS) is 1. The van der Waals surface area contributed by atoms with Crippen molar-refractivity contribution in [2.75, 3.05) is 13.1 Å². The van der Waals surface area contributed by atoms with Gasteiger partial charge in [-0.25, -0.2) is 0 Å². The summed E-state index contributed by atoms with van der Waals surface area (Å²) >= 11 is 0. The van der Waals surface area contributed by atoms with Crippen molar-refractivity contribution in [1.82, 2.24) is 10.6 Å². The van der Waals surface area contributed by atoms with Gasteiger partial charge in [-0.1, -0.05) is 30.3 Å². The third kappa shape index (κ3) is 7.17. The molecule has 0 spiro atoms. The number of nitrogens with one attached hydrogen (secondary N) is 2. The lowest BCUT2D eigenvalue weighted by Gasteiger charge is -2.10. The molecule has 1 aromatic rings. The average Bonchev–Trinajstić information content (AvgIpc) is 2.36. The summed E-state index contributed by atoms with van der Waals surface area (Å²) < 4.78 is 0. The molecule has 0 fully saturated rings. The number of carbonyl (C=O) groups excluding carboxylic acids is 1. The monoisotopic (exact) mass is 266 g/mol. The van der Waals surface area contributed by atoms with E-state index in [1.807, 2.05) is 30.3 Å². The minimum atomic E-state index is -1.07. The molecule has 4 N–H and O–H groups in total. The van der Waals surface area contributed by atoms with Crippen molar-refractivity contribution >= 4 is 11.9 Å². The van der Waals surface area contributed by atoms with Crippen molar-refractivity contribution in [1.29, 1.82) is 0 Å². The zero-order valence-electron chi connectivity index (χ0n) is 10.5. The number of amides is 1. The predicted octanol–water partition coefficient (Wildman–Crippen LogP) is -0.272. The molecular weight excluding hydrogens is 248 g/mol. The van der Waals surface area contributed by atoms with Crippen molar-refractivity contribution in [3.8, 4) is 0 Å². The van der Waals surface area contributed by atoms with Crippen LogP contribution in [0.4, 0.5) is 0 Å². The van der Waals surface area contributed by atoms with Crippen LogP contribution in [0, 0.1) is 0 Å². The van der Waals surface area contributed by atoms with E-state index in [1.54, 1.807) is 0 Å². The fourth-order valence-electron chi connectivity index (χ4n) is 1.49. The van der Waals surface area contributed by atoms with E-state index in [0.717, 1.165) is 5.56 Å². The van der Waals surface area contributed by atoms with Gasteiger partial charge in [0.25, 0.3) is 0 Å². The summed E-state index contributed by atoms with van der Waals surface area (Å²) in [4.78, 5) is 21.7. The van der Waals surface area contributed by atoms with Gasteiger partial charge in [0.15, 0.2) is 0 Å². The van der Waals surface area contributed by atoms with Gasteiger partial charge in [0.05, 0.1) is 19.1 Å². The zero-order chi connectivity index (χ0) is 14.1. The van der Waals surface area contributed by atoms with E-state index in [4.69, 9.17) is 5.11 Å². The molecule has 1 rings (SSSR count). The van der Waals surface area contributed by atoms with E-state index in [0.29, 0.717) is 6.54 Å². The number of carbonyl (C=O) groups is 2. The lowest BCUT2D eigenvalue weighted by Crippen LogP contribution is -2.37. The summed E-state index contributed by atoms with van der Waals surface area (Å²) in [7, 11) is 0. The van der Waals surface area contributed by atoms with Crippen LogP contribution in [-0.4, -0.2) is 41.3 Å². The highest BCUT2D eigenvalue weighted by Crippen LogP contribution is 1.96. The fraction of sp³-hybridized carbons (Fsp3) is 0.385. The van der Waals surface area contributed by atoms with E-state index in [1.165, 1.54) is 0 Å². The molecule has 0 heterocycles. The number of hydrogen-bond acceptors (Lipinski definition) is 4. The summed E-state index contributed by atoms with van der Waals surface area (Å²) in [6.07, 6.45) is -1.32. The second-order valence-electron chi connectivity index (χ2n) is 4.14. The minimum Gasteiger partial charge on any atom is -0.481 e. The van der Waals surface area contributed by atoms with Crippen LogP contribution in [0.2, 0.25) is 0 Å². The SMILES string of the molecule is O=C(O)CC(O)CNCC(=O)NCc1ccccc1. The van der Waals surface area contributed by atoms with Gasteiger partial charge in [-0.2, -0.15) is 0 Å². The molecule has 1 aromatic carbocycles. The Bertz CT molecular complexity index is 408. The van der Waals surface area contributed by atoms with Crippen molar-refractivity contribution in [3.63, 3.8) is 0 Å². The van der Waals surface area contributed by atoms with Crippen molar-refractivity contribution in [3.05, 3.63) is 35.9 Å². The zero-order valence-corrected chi connectivity index (χ0v) is 10.5. The molecule has 0 saturated carbocycles. The Balaban J connectivity index is 2.13. The first-order chi connectivity index (χ1) is 9.08. The van der Waals surface area contributed by atoms with Gasteiger partial charge in [0, 0.05) is 13.1 Å². The molecule has 0 aliphatic rings. The van der Waals surface area contributed by atoms with Gasteiger partial charge < -0.3 is 20.8 Å². The van der Waals surface area contributed by atoms with Crippen LogP contribution in [-0.2, 0) is 16.1 Å². The first kappa shape index (κ1) is 15.1. The Labute approximate surface area is 111 Å². The molecule has 0 aliphatic carbocycles. The highest BCUT2D eigenvalue weighted by atomic mass is 16.4. The lowest BCUT2D eigenvalue weighted by molar-refractivity contribution is -0.139. The Hall–Kier alpha value is -1.92. The molecule has 0 bridgehead atoms. The fourth-order valence-corrected chi connectivity index (χ4v) is 1.49. The normalized spacial score (nSPS) is 11.8. The van der Waals surface area contributed by atoms with Crippen LogP contribution in [0.5, 0.6) is 0 Å². The van der Waals surface area contributed by atoms with Crippen LogP contribution in [0.3, 0.4) is 0 Å². The molecule has 1 atom stereocenters. The first-order valence-electron chi connectivity index (χ1n) is 5.99. The Kier molecular flexibility index (Phi) is 6.56. The molecule has 0 saturated heterocycles. The summed E-state index contributed by atoms with van der Waals surface area (Å²) in [6, 6.07) is 9.50. The highest BCUT2D eigenvalue weighted by Gasteiger charge is 2.09. The molecule has 0 aliphatic heterocycles. The average molecular weight is 266 g/mol. The van der Waals surface area contributed by atoms with E-state index in [-0.39, 0.29) is 25.4 Å². The first-order valence-corrected chi connectivity index (χ1v) is 5.99. The summed E-state index contributed by atoms with van der Waals surface area (Å²) in [5.41, 5.74) is 1.00. The van der Waals surface area contributed by atoms with Crippen LogP contribution < -0.4 is 10.6 Å². The summed E-state index contributed by atoms with van der Waals surface area (Å²) in [5.74, 6) is -1.27. The lowest BCUT2D eigenvalue weighted by atomic mass is 10.2. The van der Waals surface area contributed by atoms with Gasteiger partial charge in [0.2, 0.25) is 5.91 Å². The molecule has 1 unspecified atom stereocenters. The van der Waals surface area contributed by atoms with Gasteiger partial charge >= 0.3 is 5.97 Å². The van der Waals surface area contributed by atoms with Crippen LogP contribution >= 0.6 is 0 Å². The number of hydrogen-bond donors (Lipinski definition) is 4. The second-order valence-corrected chi connectivity index (χ2v) is 4.14. The second kappa shape index (κ2) is 8.23. The van der Waals surface area contributed by atoms with Crippen LogP contribution in [0.1, 0.15) is 12.0 Å². The Morgan fingerprint density at radius 1 is 1.21 bits per heavy atom. The Morgan fingerprint density at radius 3 is 2.53 bits per heavy atom. The minimum absolute atomic E-state index is 0.0452. The quantitative estimate of drug-likeness (QED) is 0.519. The van der Waals surface area contributed by atoms with Gasteiger partial charge in [-0.05, 0) is 5.56 Å². The van der Waals surface area contributed by atoms with Crippen molar-refractivity contribution in [2.45, 2.75) is 19.1 Å². The number of aliphatic carboxylic acids is 1. The number of rotatable bonds is 8. The van der Waals surface area contributed by atoms with Crippen LogP contribution in [0.15, 0.2) is 30.3 Å². The molecular formula is C13H18N2O4. The van der Waals surface area contributed by atoms with Crippen molar-refractivity contribution < 1.29 is 19.8 Å². The number of benzene rings is 1. The molecule has 0 aromatic heterocycles. The molecule has 0 radical (unpaired) electrons. The molecule has 6 heteroatoms. The van der Waals surface area contributed by atoms with E-state index in [2.05, 4.69) is 10.6 Å². The summed E-state index contributed by atoms with van der Waals surface area (Å²) in [6.45, 7) is 0.563. The predicted molar refractivity (Wildman–Crippen MR) is 69.4 cm³/mol. The number of carboxylic acids is 1. The van der Waals surface area contributed by atoms with Gasteiger partial charge in [0.1, 0.15) is 0 Å².